The van der Waals surface area contributed by atoms with Gasteiger partial charge in [0.05, 0.1) is 6.61 Å². The minimum Gasteiger partial charge on any atom is -0.493 e. The van der Waals surface area contributed by atoms with Crippen molar-refractivity contribution in [3.8, 4) is 5.75 Å². The summed E-state index contributed by atoms with van der Waals surface area (Å²) in [5.41, 5.74) is 5.34. The SMILES string of the molecule is CCOc1c(/C(C)=C/C(=O)NCc2ccc(F)cc2)cc2c(C)c(C)oc2c1C. The van der Waals surface area contributed by atoms with E-state index in [1.54, 1.807) is 18.2 Å². The van der Waals surface area contributed by atoms with Crippen molar-refractivity contribution in [3.63, 3.8) is 0 Å². The van der Waals surface area contributed by atoms with Crippen molar-refractivity contribution < 1.29 is 18.3 Å². The van der Waals surface area contributed by atoms with Crippen LogP contribution in [0.3, 0.4) is 0 Å². The first-order valence-electron chi connectivity index (χ1n) is 9.68. The van der Waals surface area contributed by atoms with Crippen molar-refractivity contribution in [1.29, 1.82) is 0 Å². The number of benzene rings is 2. The third-order valence-electron chi connectivity index (χ3n) is 5.09. The summed E-state index contributed by atoms with van der Waals surface area (Å²) >= 11 is 0. The molecule has 0 saturated heterocycles. The van der Waals surface area contributed by atoms with Gasteiger partial charge in [0.2, 0.25) is 5.91 Å². The van der Waals surface area contributed by atoms with Crippen LogP contribution in [-0.2, 0) is 11.3 Å². The fourth-order valence-corrected chi connectivity index (χ4v) is 3.35. The summed E-state index contributed by atoms with van der Waals surface area (Å²) in [6.07, 6.45) is 1.56. The molecule has 3 rings (SSSR count). The van der Waals surface area contributed by atoms with Crippen LogP contribution in [0.25, 0.3) is 16.5 Å². The molecule has 1 amide bonds. The summed E-state index contributed by atoms with van der Waals surface area (Å²) in [5, 5.41) is 3.87. The zero-order valence-electron chi connectivity index (χ0n) is 17.5. The second-order valence-electron chi connectivity index (χ2n) is 7.14. The molecule has 29 heavy (non-hydrogen) atoms. The van der Waals surface area contributed by atoms with Crippen LogP contribution >= 0.6 is 0 Å². The largest absolute Gasteiger partial charge is 0.493 e. The molecule has 0 aliphatic carbocycles. The summed E-state index contributed by atoms with van der Waals surface area (Å²) in [4.78, 5) is 12.4. The lowest BCUT2D eigenvalue weighted by molar-refractivity contribution is -0.116. The van der Waals surface area contributed by atoms with Gasteiger partial charge in [-0.1, -0.05) is 12.1 Å². The van der Waals surface area contributed by atoms with Gasteiger partial charge in [0.1, 0.15) is 22.9 Å². The molecule has 5 heteroatoms. The highest BCUT2D eigenvalue weighted by Gasteiger charge is 2.18. The number of fused-ring (bicyclic) bond motifs is 1. The first-order valence-corrected chi connectivity index (χ1v) is 9.68. The Bertz CT molecular complexity index is 1080. The Hall–Kier alpha value is -3.08. The fourth-order valence-electron chi connectivity index (χ4n) is 3.35. The predicted octanol–water partition coefficient (Wildman–Crippen LogP) is 5.62. The number of ether oxygens (including phenoxy) is 1. The number of halogens is 1. The molecule has 1 N–H and O–H groups in total. The van der Waals surface area contributed by atoms with Crippen molar-refractivity contribution in [2.75, 3.05) is 6.61 Å². The molecule has 0 aliphatic rings. The van der Waals surface area contributed by atoms with Crippen LogP contribution in [0.2, 0.25) is 0 Å². The normalized spacial score (nSPS) is 11.7. The smallest absolute Gasteiger partial charge is 0.244 e. The molecule has 0 bridgehead atoms. The van der Waals surface area contributed by atoms with Gasteiger partial charge in [-0.2, -0.15) is 0 Å². The van der Waals surface area contributed by atoms with Crippen LogP contribution in [-0.4, -0.2) is 12.5 Å². The molecule has 3 aromatic rings. The number of amides is 1. The maximum absolute atomic E-state index is 13.0. The number of hydrogen-bond donors (Lipinski definition) is 1. The van der Waals surface area contributed by atoms with Gasteiger partial charge >= 0.3 is 0 Å². The van der Waals surface area contributed by atoms with Crippen molar-refractivity contribution in [2.24, 2.45) is 0 Å². The van der Waals surface area contributed by atoms with Crippen molar-refractivity contribution in [3.05, 3.63) is 70.2 Å². The molecule has 0 saturated carbocycles. The first-order chi connectivity index (χ1) is 13.8. The maximum atomic E-state index is 13.0. The van der Waals surface area contributed by atoms with Gasteiger partial charge in [-0.05, 0) is 69.5 Å². The highest BCUT2D eigenvalue weighted by atomic mass is 19.1. The minimum absolute atomic E-state index is 0.216. The summed E-state index contributed by atoms with van der Waals surface area (Å²) in [6, 6.07) is 8.09. The number of aryl methyl sites for hydroxylation is 3. The molecule has 152 valence electrons. The molecule has 0 radical (unpaired) electrons. The van der Waals surface area contributed by atoms with Crippen LogP contribution in [0.4, 0.5) is 4.39 Å². The molecular weight excluding hydrogens is 369 g/mol. The van der Waals surface area contributed by atoms with Gasteiger partial charge in [-0.25, -0.2) is 4.39 Å². The second-order valence-corrected chi connectivity index (χ2v) is 7.14. The van der Waals surface area contributed by atoms with E-state index in [0.29, 0.717) is 13.2 Å². The van der Waals surface area contributed by atoms with E-state index < -0.39 is 0 Å². The van der Waals surface area contributed by atoms with Gasteiger partial charge in [0.15, 0.2) is 0 Å². The van der Waals surface area contributed by atoms with Crippen molar-refractivity contribution in [1.82, 2.24) is 5.32 Å². The third-order valence-corrected chi connectivity index (χ3v) is 5.09. The number of carbonyl (C=O) groups is 1. The summed E-state index contributed by atoms with van der Waals surface area (Å²) in [5.74, 6) is 1.09. The molecule has 4 nitrogen and oxygen atoms in total. The number of allylic oxidation sites excluding steroid dienone is 1. The van der Waals surface area contributed by atoms with Crippen LogP contribution < -0.4 is 10.1 Å². The Morgan fingerprint density at radius 1 is 1.17 bits per heavy atom. The molecule has 1 aromatic heterocycles. The first kappa shape index (κ1) is 20.6. The van der Waals surface area contributed by atoms with Gasteiger partial charge in [-0.3, -0.25) is 4.79 Å². The van der Waals surface area contributed by atoms with E-state index in [2.05, 4.69) is 5.32 Å². The third kappa shape index (κ3) is 4.34. The van der Waals surface area contributed by atoms with E-state index in [9.17, 15) is 9.18 Å². The van der Waals surface area contributed by atoms with Crippen molar-refractivity contribution >= 4 is 22.4 Å². The van der Waals surface area contributed by atoms with E-state index in [4.69, 9.17) is 9.15 Å². The number of hydrogen-bond acceptors (Lipinski definition) is 3. The lowest BCUT2D eigenvalue weighted by Gasteiger charge is -2.14. The van der Waals surface area contributed by atoms with Gasteiger partial charge < -0.3 is 14.5 Å². The highest BCUT2D eigenvalue weighted by Crippen LogP contribution is 2.38. The van der Waals surface area contributed by atoms with Gasteiger partial charge in [0.25, 0.3) is 0 Å². The molecule has 0 unspecified atom stereocenters. The average molecular weight is 395 g/mol. The Kier molecular flexibility index (Phi) is 6.06. The Labute approximate surface area is 170 Å². The van der Waals surface area contributed by atoms with Crippen LogP contribution in [0.1, 0.15) is 41.9 Å². The monoisotopic (exact) mass is 395 g/mol. The molecule has 0 spiro atoms. The van der Waals surface area contributed by atoms with E-state index in [-0.39, 0.29) is 11.7 Å². The zero-order chi connectivity index (χ0) is 21.1. The van der Waals surface area contributed by atoms with E-state index in [1.807, 2.05) is 40.7 Å². The number of rotatable bonds is 6. The summed E-state index contributed by atoms with van der Waals surface area (Å²) < 4.78 is 24.8. The molecule has 2 aromatic carbocycles. The molecule has 0 aliphatic heterocycles. The fraction of sp³-hybridized carbons (Fsp3) is 0.292. The number of carbonyl (C=O) groups excluding carboxylic acids is 1. The Balaban J connectivity index is 1.90. The van der Waals surface area contributed by atoms with E-state index >= 15 is 0 Å². The average Bonchev–Trinajstić information content (AvgIpc) is 2.98. The molecular formula is C24H26FNO3. The Morgan fingerprint density at radius 2 is 1.86 bits per heavy atom. The van der Waals surface area contributed by atoms with Gasteiger partial charge in [0, 0.05) is 29.1 Å². The zero-order valence-corrected chi connectivity index (χ0v) is 17.5. The van der Waals surface area contributed by atoms with Crippen LogP contribution in [0, 0.1) is 26.6 Å². The number of nitrogens with one attached hydrogen (secondary N) is 1. The maximum Gasteiger partial charge on any atom is 0.244 e. The molecule has 1 heterocycles. The highest BCUT2D eigenvalue weighted by molar-refractivity contribution is 5.98. The molecule has 0 fully saturated rings. The van der Waals surface area contributed by atoms with E-state index in [1.165, 1.54) is 12.1 Å². The minimum atomic E-state index is -0.296. The molecule has 0 atom stereocenters. The quantitative estimate of drug-likeness (QED) is 0.552. The number of furan rings is 1. The lowest BCUT2D eigenvalue weighted by Crippen LogP contribution is -2.20. The second kappa shape index (κ2) is 8.52. The van der Waals surface area contributed by atoms with Crippen LogP contribution in [0.15, 0.2) is 40.8 Å². The van der Waals surface area contributed by atoms with Gasteiger partial charge in [-0.15, -0.1) is 0 Å². The topological polar surface area (TPSA) is 51.5 Å². The lowest BCUT2D eigenvalue weighted by atomic mass is 9.98. The summed E-state index contributed by atoms with van der Waals surface area (Å²) in [6.45, 7) is 10.6. The predicted molar refractivity (Wildman–Crippen MR) is 113 cm³/mol. The van der Waals surface area contributed by atoms with Crippen molar-refractivity contribution in [2.45, 2.75) is 41.2 Å². The summed E-state index contributed by atoms with van der Waals surface area (Å²) in [7, 11) is 0. The Morgan fingerprint density at radius 3 is 2.52 bits per heavy atom. The van der Waals surface area contributed by atoms with Crippen LogP contribution in [0.5, 0.6) is 5.75 Å². The standard InChI is InChI=1S/C24H26FNO3/c1-6-28-23-16(4)24-21(15(3)17(5)29-24)12-20(23)14(2)11-22(27)26-13-18-7-9-19(25)10-8-18/h7-12H,6,13H2,1-5H3,(H,26,27)/b14-11+. The van der Waals surface area contributed by atoms with E-state index in [0.717, 1.165) is 50.3 Å².